The molecule has 8 heteroatoms. The normalized spacial score (nSPS) is 12.1. The minimum Gasteiger partial charge on any atom is -0.312 e. The summed E-state index contributed by atoms with van der Waals surface area (Å²) in [6, 6.07) is 8.41. The van der Waals surface area contributed by atoms with Gasteiger partial charge in [-0.25, -0.2) is 0 Å². The molecule has 0 atom stereocenters. The lowest BCUT2D eigenvalue weighted by Crippen LogP contribution is -2.15. The second kappa shape index (κ2) is 7.37. The fraction of sp³-hybridized carbons (Fsp3) is 0.0588. The van der Waals surface area contributed by atoms with Crippen molar-refractivity contribution in [3.8, 4) is 0 Å². The zero-order valence-corrected chi connectivity index (χ0v) is 14.6. The van der Waals surface area contributed by atoms with Gasteiger partial charge in [-0.3, -0.25) is 14.9 Å². The third-order valence-electron chi connectivity index (χ3n) is 3.33. The van der Waals surface area contributed by atoms with E-state index in [-0.39, 0.29) is 11.6 Å². The van der Waals surface area contributed by atoms with Crippen LogP contribution in [-0.2, 0) is 11.3 Å². The lowest BCUT2D eigenvalue weighted by atomic mass is 10.3. The molecule has 0 bridgehead atoms. The summed E-state index contributed by atoms with van der Waals surface area (Å²) in [6.07, 6.45) is 4.79. The minimum absolute atomic E-state index is 0.00131. The van der Waals surface area contributed by atoms with Gasteiger partial charge in [-0.15, -0.1) is 17.9 Å². The van der Waals surface area contributed by atoms with Gasteiger partial charge >= 0.3 is 0 Å². The molecule has 0 fully saturated rings. The summed E-state index contributed by atoms with van der Waals surface area (Å²) < 4.78 is 2.57. The summed E-state index contributed by atoms with van der Waals surface area (Å²) in [5.74, 6) is -0.382. The number of benzene rings is 1. The Morgan fingerprint density at radius 1 is 1.40 bits per heavy atom. The van der Waals surface area contributed by atoms with Crippen LogP contribution < -0.4 is 4.80 Å². The Balaban J connectivity index is 2.05. The van der Waals surface area contributed by atoms with Gasteiger partial charge in [0.05, 0.1) is 15.1 Å². The molecule has 126 valence electrons. The number of carbonyl (C=O) groups is 1. The number of amides is 1. The molecule has 0 saturated carbocycles. The van der Waals surface area contributed by atoms with Crippen LogP contribution in [0.1, 0.15) is 4.88 Å². The number of nitro groups is 1. The topological polar surface area (TPSA) is 77.5 Å². The Morgan fingerprint density at radius 2 is 2.24 bits per heavy atom. The number of thiophene rings is 1. The quantitative estimate of drug-likeness (QED) is 0.294. The standard InChI is InChI=1S/C17H13N3O3S2/c1-2-9-19-14-11-12(20(22)23)5-7-15(14)25-17(19)18-16(21)8-6-13-4-3-10-24-13/h2-8,10-11H,1,9H2. The van der Waals surface area contributed by atoms with Gasteiger partial charge in [0.2, 0.25) is 0 Å². The Morgan fingerprint density at radius 3 is 2.92 bits per heavy atom. The van der Waals surface area contributed by atoms with Crippen molar-refractivity contribution in [1.82, 2.24) is 4.57 Å². The summed E-state index contributed by atoms with van der Waals surface area (Å²) in [4.78, 5) is 28.3. The SMILES string of the molecule is C=CCn1c(=NC(=O)C=Cc2cccs2)sc2ccc([N+](=O)[O-])cc21. The van der Waals surface area contributed by atoms with E-state index in [2.05, 4.69) is 11.6 Å². The molecular weight excluding hydrogens is 358 g/mol. The number of aromatic nitrogens is 1. The van der Waals surface area contributed by atoms with Crippen molar-refractivity contribution in [2.75, 3.05) is 0 Å². The van der Waals surface area contributed by atoms with Crippen molar-refractivity contribution in [2.24, 2.45) is 4.99 Å². The number of rotatable bonds is 5. The van der Waals surface area contributed by atoms with Crippen molar-refractivity contribution in [3.63, 3.8) is 0 Å². The number of fused-ring (bicyclic) bond motifs is 1. The molecule has 3 rings (SSSR count). The first-order chi connectivity index (χ1) is 12.1. The van der Waals surface area contributed by atoms with E-state index < -0.39 is 4.92 Å². The number of non-ortho nitro benzene ring substituents is 1. The molecule has 0 spiro atoms. The summed E-state index contributed by atoms with van der Waals surface area (Å²) in [7, 11) is 0. The second-order valence-electron chi connectivity index (χ2n) is 4.99. The summed E-state index contributed by atoms with van der Waals surface area (Å²) in [5, 5.41) is 12.9. The molecule has 0 saturated heterocycles. The molecule has 25 heavy (non-hydrogen) atoms. The maximum absolute atomic E-state index is 12.1. The number of hydrogen-bond acceptors (Lipinski definition) is 5. The first kappa shape index (κ1) is 17.0. The monoisotopic (exact) mass is 371 g/mol. The number of nitro benzene ring substituents is 1. The molecule has 0 radical (unpaired) electrons. The van der Waals surface area contributed by atoms with E-state index in [1.807, 2.05) is 17.5 Å². The molecule has 0 aliphatic carbocycles. The first-order valence-electron chi connectivity index (χ1n) is 7.27. The largest absolute Gasteiger partial charge is 0.312 e. The molecule has 0 aliphatic heterocycles. The lowest BCUT2D eigenvalue weighted by Gasteiger charge is -2.00. The molecule has 1 aromatic carbocycles. The van der Waals surface area contributed by atoms with Gasteiger partial charge in [-0.1, -0.05) is 23.5 Å². The van der Waals surface area contributed by atoms with Gasteiger partial charge in [-0.05, 0) is 23.6 Å². The van der Waals surface area contributed by atoms with E-state index in [1.165, 1.54) is 40.9 Å². The molecule has 1 amide bonds. The van der Waals surface area contributed by atoms with E-state index in [9.17, 15) is 14.9 Å². The average molecular weight is 371 g/mol. The summed E-state index contributed by atoms with van der Waals surface area (Å²) in [5.41, 5.74) is 0.659. The van der Waals surface area contributed by atoms with Crippen molar-refractivity contribution < 1.29 is 9.72 Å². The first-order valence-corrected chi connectivity index (χ1v) is 8.97. The molecular formula is C17H13N3O3S2. The number of nitrogens with zero attached hydrogens (tertiary/aromatic N) is 3. The van der Waals surface area contributed by atoms with Crippen molar-refractivity contribution in [2.45, 2.75) is 6.54 Å². The average Bonchev–Trinajstić information content (AvgIpc) is 3.21. The summed E-state index contributed by atoms with van der Waals surface area (Å²) in [6.45, 7) is 4.11. The number of allylic oxidation sites excluding steroid dienone is 1. The minimum atomic E-state index is -0.443. The fourth-order valence-corrected chi connectivity index (χ4v) is 3.88. The predicted molar refractivity (Wildman–Crippen MR) is 101 cm³/mol. The smallest absolute Gasteiger partial charge is 0.272 e. The summed E-state index contributed by atoms with van der Waals surface area (Å²) >= 11 is 2.84. The van der Waals surface area contributed by atoms with Crippen LogP contribution in [0.2, 0.25) is 0 Å². The third kappa shape index (κ3) is 3.81. The molecule has 0 aliphatic rings. The van der Waals surface area contributed by atoms with Crippen molar-refractivity contribution in [1.29, 1.82) is 0 Å². The molecule has 3 aromatic rings. The van der Waals surface area contributed by atoms with E-state index in [4.69, 9.17) is 0 Å². The van der Waals surface area contributed by atoms with Crippen LogP contribution >= 0.6 is 22.7 Å². The van der Waals surface area contributed by atoms with Crippen LogP contribution in [0, 0.1) is 10.1 Å². The van der Waals surface area contributed by atoms with E-state index >= 15 is 0 Å². The number of hydrogen-bond donors (Lipinski definition) is 0. The van der Waals surface area contributed by atoms with Gasteiger partial charge in [0.15, 0.2) is 4.80 Å². The molecule has 0 N–H and O–H groups in total. The van der Waals surface area contributed by atoms with E-state index in [0.29, 0.717) is 16.9 Å². The highest BCUT2D eigenvalue weighted by molar-refractivity contribution is 7.16. The molecule has 2 aromatic heterocycles. The Kier molecular flexibility index (Phi) is 5.01. The van der Waals surface area contributed by atoms with Gasteiger partial charge in [-0.2, -0.15) is 4.99 Å². The highest BCUT2D eigenvalue weighted by Gasteiger charge is 2.12. The zero-order valence-electron chi connectivity index (χ0n) is 13.0. The Hall–Kier alpha value is -2.84. The maximum atomic E-state index is 12.1. The lowest BCUT2D eigenvalue weighted by molar-refractivity contribution is -0.384. The maximum Gasteiger partial charge on any atom is 0.272 e. The van der Waals surface area contributed by atoms with Crippen molar-refractivity contribution >= 4 is 50.6 Å². The highest BCUT2D eigenvalue weighted by Crippen LogP contribution is 2.23. The molecule has 6 nitrogen and oxygen atoms in total. The van der Waals surface area contributed by atoms with Gasteiger partial charge in [0, 0.05) is 29.6 Å². The number of thiazole rings is 1. The molecule has 0 unspecified atom stereocenters. The van der Waals surface area contributed by atoms with Gasteiger partial charge in [0.25, 0.3) is 11.6 Å². The third-order valence-corrected chi connectivity index (χ3v) is 5.22. The van der Waals surface area contributed by atoms with Crippen LogP contribution in [0.25, 0.3) is 16.3 Å². The van der Waals surface area contributed by atoms with Crippen molar-refractivity contribution in [3.05, 3.63) is 74.2 Å². The Bertz CT molecular complexity index is 1040. The predicted octanol–water partition coefficient (Wildman–Crippen LogP) is 4.00. The van der Waals surface area contributed by atoms with Crippen LogP contribution in [0.3, 0.4) is 0 Å². The number of carbonyl (C=O) groups excluding carboxylic acids is 1. The molecule has 2 heterocycles. The zero-order chi connectivity index (χ0) is 17.8. The van der Waals surface area contributed by atoms with Crippen LogP contribution in [0.4, 0.5) is 5.69 Å². The van der Waals surface area contributed by atoms with E-state index in [0.717, 1.165) is 9.58 Å². The van der Waals surface area contributed by atoms with Crippen LogP contribution in [-0.4, -0.2) is 15.4 Å². The fourth-order valence-electron chi connectivity index (χ4n) is 2.23. The van der Waals surface area contributed by atoms with Crippen LogP contribution in [0.15, 0.2) is 59.4 Å². The van der Waals surface area contributed by atoms with E-state index in [1.54, 1.807) is 22.8 Å². The Labute approximate surface area is 150 Å². The van der Waals surface area contributed by atoms with Gasteiger partial charge < -0.3 is 4.57 Å². The van der Waals surface area contributed by atoms with Crippen LogP contribution in [0.5, 0.6) is 0 Å². The van der Waals surface area contributed by atoms with Gasteiger partial charge in [0.1, 0.15) is 0 Å². The second-order valence-corrected chi connectivity index (χ2v) is 6.98. The highest BCUT2D eigenvalue weighted by atomic mass is 32.1.